The highest BCUT2D eigenvalue weighted by Crippen LogP contribution is 2.36. The van der Waals surface area contributed by atoms with Crippen molar-refractivity contribution in [1.82, 2.24) is 0 Å². The zero-order chi connectivity index (χ0) is 14.1. The van der Waals surface area contributed by atoms with E-state index >= 15 is 0 Å². The molecule has 0 radical (unpaired) electrons. The Bertz CT molecular complexity index is 199. The van der Waals surface area contributed by atoms with E-state index < -0.39 is 8.32 Å². The summed E-state index contributed by atoms with van der Waals surface area (Å²) in [5.41, 5.74) is 5.47. The molecule has 0 aromatic heterocycles. The van der Waals surface area contributed by atoms with Crippen LogP contribution >= 0.6 is 0 Å². The van der Waals surface area contributed by atoms with Crippen LogP contribution < -0.4 is 5.73 Å². The molecule has 0 aromatic carbocycles. The van der Waals surface area contributed by atoms with Crippen molar-refractivity contribution in [3.05, 3.63) is 0 Å². The molecule has 0 spiro atoms. The van der Waals surface area contributed by atoms with Crippen LogP contribution in [0.25, 0.3) is 0 Å². The van der Waals surface area contributed by atoms with E-state index in [1.165, 1.54) is 44.9 Å². The summed E-state index contributed by atoms with van der Waals surface area (Å²) in [6.45, 7) is 13.4. The summed E-state index contributed by atoms with van der Waals surface area (Å²) in [6.07, 6.45) is 9.10. The van der Waals surface area contributed by atoms with Crippen molar-refractivity contribution < 1.29 is 4.43 Å². The van der Waals surface area contributed by atoms with Crippen molar-refractivity contribution in [3.8, 4) is 0 Å². The summed E-state index contributed by atoms with van der Waals surface area (Å²) in [6, 6.07) is 0. The van der Waals surface area contributed by atoms with Crippen LogP contribution in [-0.4, -0.2) is 21.5 Å². The molecular formula is C15H35NOSi. The van der Waals surface area contributed by atoms with Gasteiger partial charge in [-0.2, -0.15) is 0 Å². The van der Waals surface area contributed by atoms with Crippen LogP contribution in [0.1, 0.15) is 65.7 Å². The van der Waals surface area contributed by atoms with Gasteiger partial charge in [0, 0.05) is 6.61 Å². The van der Waals surface area contributed by atoms with Gasteiger partial charge in [0.15, 0.2) is 8.32 Å². The topological polar surface area (TPSA) is 35.2 Å². The first-order valence-electron chi connectivity index (χ1n) is 7.65. The van der Waals surface area contributed by atoms with E-state index in [2.05, 4.69) is 33.9 Å². The first-order chi connectivity index (χ1) is 8.31. The van der Waals surface area contributed by atoms with E-state index in [1.807, 2.05) is 0 Å². The third-order valence-corrected chi connectivity index (χ3v) is 8.66. The Morgan fingerprint density at radius 2 is 1.28 bits per heavy atom. The smallest absolute Gasteiger partial charge is 0.191 e. The summed E-state index contributed by atoms with van der Waals surface area (Å²) in [5, 5.41) is 0.342. The number of hydrogen-bond acceptors (Lipinski definition) is 2. The molecule has 2 nitrogen and oxygen atoms in total. The normalized spacial score (nSPS) is 13.0. The number of nitrogens with two attached hydrogens (primary N) is 1. The molecule has 0 atom stereocenters. The fraction of sp³-hybridized carbons (Fsp3) is 1.00. The molecule has 0 amide bonds. The lowest BCUT2D eigenvalue weighted by molar-refractivity contribution is 0.277. The Hall–Kier alpha value is 0.137. The minimum absolute atomic E-state index is 0.342. The third kappa shape index (κ3) is 8.28. The molecule has 0 saturated carbocycles. The van der Waals surface area contributed by atoms with Gasteiger partial charge >= 0.3 is 0 Å². The average Bonchev–Trinajstić information content (AvgIpc) is 2.25. The van der Waals surface area contributed by atoms with E-state index in [0.717, 1.165) is 13.2 Å². The maximum atomic E-state index is 6.16. The SMILES string of the molecule is CC(C)(C)[Si](C)(C)OCCCCCCCCCN. The Morgan fingerprint density at radius 1 is 0.833 bits per heavy atom. The summed E-state index contributed by atoms with van der Waals surface area (Å²) in [4.78, 5) is 0. The fourth-order valence-electron chi connectivity index (χ4n) is 1.67. The molecule has 0 aliphatic heterocycles. The molecule has 0 aliphatic carbocycles. The van der Waals surface area contributed by atoms with Gasteiger partial charge in [-0.3, -0.25) is 0 Å². The molecule has 0 saturated heterocycles. The van der Waals surface area contributed by atoms with Crippen LogP contribution in [0.2, 0.25) is 18.1 Å². The summed E-state index contributed by atoms with van der Waals surface area (Å²) < 4.78 is 6.16. The Morgan fingerprint density at radius 3 is 1.72 bits per heavy atom. The van der Waals surface area contributed by atoms with E-state index in [1.54, 1.807) is 0 Å². The molecule has 0 heterocycles. The van der Waals surface area contributed by atoms with Crippen LogP contribution in [-0.2, 0) is 4.43 Å². The maximum Gasteiger partial charge on any atom is 0.191 e. The van der Waals surface area contributed by atoms with Gasteiger partial charge in [0.05, 0.1) is 0 Å². The molecule has 0 unspecified atom stereocenters. The molecule has 0 bridgehead atoms. The average molecular weight is 274 g/mol. The van der Waals surface area contributed by atoms with Gasteiger partial charge in [0.1, 0.15) is 0 Å². The van der Waals surface area contributed by atoms with Crippen LogP contribution in [0.3, 0.4) is 0 Å². The zero-order valence-electron chi connectivity index (χ0n) is 13.3. The highest BCUT2D eigenvalue weighted by atomic mass is 28.4. The van der Waals surface area contributed by atoms with Crippen molar-refractivity contribution in [1.29, 1.82) is 0 Å². The van der Waals surface area contributed by atoms with Gasteiger partial charge in [0.25, 0.3) is 0 Å². The second kappa shape index (κ2) is 9.11. The fourth-order valence-corrected chi connectivity index (χ4v) is 2.76. The minimum Gasteiger partial charge on any atom is -0.417 e. The Balaban J connectivity index is 3.41. The first-order valence-corrected chi connectivity index (χ1v) is 10.6. The third-order valence-electron chi connectivity index (χ3n) is 4.12. The van der Waals surface area contributed by atoms with Crippen LogP contribution in [0.4, 0.5) is 0 Å². The van der Waals surface area contributed by atoms with E-state index in [4.69, 9.17) is 10.2 Å². The number of unbranched alkanes of at least 4 members (excludes halogenated alkanes) is 6. The van der Waals surface area contributed by atoms with Crippen LogP contribution in [0.15, 0.2) is 0 Å². The molecule has 2 N–H and O–H groups in total. The molecule has 0 fully saturated rings. The molecule has 0 rings (SSSR count). The lowest BCUT2D eigenvalue weighted by Crippen LogP contribution is -2.40. The van der Waals surface area contributed by atoms with Gasteiger partial charge in [-0.1, -0.05) is 52.9 Å². The van der Waals surface area contributed by atoms with E-state index in [-0.39, 0.29) is 0 Å². The van der Waals surface area contributed by atoms with Crippen molar-refractivity contribution in [2.24, 2.45) is 5.73 Å². The highest BCUT2D eigenvalue weighted by Gasteiger charge is 2.36. The van der Waals surface area contributed by atoms with Crippen LogP contribution in [0, 0.1) is 0 Å². The minimum atomic E-state index is -1.50. The van der Waals surface area contributed by atoms with Crippen molar-refractivity contribution >= 4 is 8.32 Å². The van der Waals surface area contributed by atoms with Crippen LogP contribution in [0.5, 0.6) is 0 Å². The second-order valence-corrected chi connectivity index (χ2v) is 11.7. The summed E-state index contributed by atoms with van der Waals surface area (Å²) >= 11 is 0. The molecule has 110 valence electrons. The molecule has 0 aliphatic rings. The Kier molecular flexibility index (Phi) is 9.18. The second-order valence-electron chi connectivity index (χ2n) is 6.87. The van der Waals surface area contributed by atoms with Gasteiger partial charge in [-0.15, -0.1) is 0 Å². The van der Waals surface area contributed by atoms with Crippen molar-refractivity contribution in [2.75, 3.05) is 13.2 Å². The standard InChI is InChI=1S/C15H35NOSi/c1-15(2,3)18(4,5)17-14-12-10-8-6-7-9-11-13-16/h6-14,16H2,1-5H3. The predicted octanol–water partition coefficient (Wildman–Crippen LogP) is 4.70. The van der Waals surface area contributed by atoms with E-state index in [9.17, 15) is 0 Å². The van der Waals surface area contributed by atoms with Gasteiger partial charge < -0.3 is 10.2 Å². The first kappa shape index (κ1) is 18.1. The van der Waals surface area contributed by atoms with Gasteiger partial charge in [-0.05, 0) is 37.5 Å². The van der Waals surface area contributed by atoms with E-state index in [0.29, 0.717) is 5.04 Å². The molecule has 3 heteroatoms. The number of hydrogen-bond donors (Lipinski definition) is 1. The summed E-state index contributed by atoms with van der Waals surface area (Å²) in [5.74, 6) is 0. The monoisotopic (exact) mass is 273 g/mol. The van der Waals surface area contributed by atoms with Gasteiger partial charge in [0.2, 0.25) is 0 Å². The quantitative estimate of drug-likeness (QED) is 0.462. The van der Waals surface area contributed by atoms with Crippen molar-refractivity contribution in [3.63, 3.8) is 0 Å². The zero-order valence-corrected chi connectivity index (χ0v) is 14.3. The molecule has 18 heavy (non-hydrogen) atoms. The highest BCUT2D eigenvalue weighted by molar-refractivity contribution is 6.74. The van der Waals surface area contributed by atoms with Crippen molar-refractivity contribution in [2.45, 2.75) is 83.8 Å². The predicted molar refractivity (Wildman–Crippen MR) is 84.5 cm³/mol. The largest absolute Gasteiger partial charge is 0.417 e. The molecule has 0 aromatic rings. The Labute approximate surface area is 116 Å². The molecular weight excluding hydrogens is 238 g/mol. The lowest BCUT2D eigenvalue weighted by Gasteiger charge is -2.36. The lowest BCUT2D eigenvalue weighted by atomic mass is 10.1. The number of rotatable bonds is 10. The maximum absolute atomic E-state index is 6.16. The summed E-state index contributed by atoms with van der Waals surface area (Å²) in [7, 11) is -1.50. The van der Waals surface area contributed by atoms with Gasteiger partial charge in [-0.25, -0.2) is 0 Å².